The van der Waals surface area contributed by atoms with E-state index in [1.807, 2.05) is 18.7 Å². The lowest BCUT2D eigenvalue weighted by atomic mass is 9.95. The van der Waals surface area contributed by atoms with Gasteiger partial charge in [-0.25, -0.2) is 9.48 Å². The van der Waals surface area contributed by atoms with E-state index in [0.717, 1.165) is 38.2 Å². The number of aromatic nitrogens is 3. The highest BCUT2D eigenvalue weighted by Gasteiger charge is 2.27. The third-order valence-electron chi connectivity index (χ3n) is 4.45. The van der Waals surface area contributed by atoms with E-state index in [9.17, 15) is 9.59 Å². The molecule has 23 heavy (non-hydrogen) atoms. The van der Waals surface area contributed by atoms with Gasteiger partial charge in [-0.3, -0.25) is 9.36 Å². The van der Waals surface area contributed by atoms with E-state index < -0.39 is 0 Å². The number of hydrogen-bond donors (Lipinski definition) is 0. The van der Waals surface area contributed by atoms with Gasteiger partial charge < -0.3 is 9.64 Å². The Bertz CT molecular complexity index is 570. The number of piperidine rings is 1. The topological polar surface area (TPSA) is 69.4 Å². The maximum absolute atomic E-state index is 12.4. The minimum Gasteiger partial charge on any atom is -0.383 e. The zero-order chi connectivity index (χ0) is 16.8. The third-order valence-corrected chi connectivity index (χ3v) is 4.45. The third kappa shape index (κ3) is 4.02. The summed E-state index contributed by atoms with van der Waals surface area (Å²) in [6.07, 6.45) is 3.25. The van der Waals surface area contributed by atoms with E-state index in [0.29, 0.717) is 26.1 Å². The van der Waals surface area contributed by atoms with Crippen LogP contribution in [-0.4, -0.2) is 52.0 Å². The predicted octanol–water partition coefficient (Wildman–Crippen LogP) is 1.22. The molecular formula is C16H28N4O3. The molecule has 1 fully saturated rings. The molecule has 0 saturated carbocycles. The summed E-state index contributed by atoms with van der Waals surface area (Å²) in [6, 6.07) is 0. The number of amides is 1. The average molecular weight is 324 g/mol. The molecule has 2 rings (SSSR count). The first-order valence-corrected chi connectivity index (χ1v) is 8.56. The van der Waals surface area contributed by atoms with Gasteiger partial charge in [0, 0.05) is 39.1 Å². The molecule has 0 spiro atoms. The van der Waals surface area contributed by atoms with Crippen molar-refractivity contribution >= 4 is 5.91 Å². The summed E-state index contributed by atoms with van der Waals surface area (Å²) < 4.78 is 8.29. The smallest absolute Gasteiger partial charge is 0.345 e. The lowest BCUT2D eigenvalue weighted by Crippen LogP contribution is -2.38. The standard InChI is InChI=1S/C16H28N4O3/c1-4-6-14(21)18-9-7-13(8-10-18)15-17-20(11-12-23-3)16(22)19(15)5-2/h13H,4-12H2,1-3H3. The fraction of sp³-hybridized carbons (Fsp3) is 0.812. The first kappa shape index (κ1) is 17.7. The van der Waals surface area contributed by atoms with Gasteiger partial charge in [-0.1, -0.05) is 6.92 Å². The Hall–Kier alpha value is -1.63. The van der Waals surface area contributed by atoms with Crippen LogP contribution in [0.25, 0.3) is 0 Å². The van der Waals surface area contributed by atoms with Crippen LogP contribution >= 0.6 is 0 Å². The summed E-state index contributed by atoms with van der Waals surface area (Å²) in [5, 5.41) is 4.53. The maximum atomic E-state index is 12.4. The molecule has 0 unspecified atom stereocenters. The van der Waals surface area contributed by atoms with Gasteiger partial charge in [0.25, 0.3) is 0 Å². The summed E-state index contributed by atoms with van der Waals surface area (Å²) in [5.74, 6) is 1.35. The van der Waals surface area contributed by atoms with E-state index >= 15 is 0 Å². The zero-order valence-corrected chi connectivity index (χ0v) is 14.5. The summed E-state index contributed by atoms with van der Waals surface area (Å²) in [4.78, 5) is 26.3. The van der Waals surface area contributed by atoms with E-state index in [2.05, 4.69) is 5.10 Å². The van der Waals surface area contributed by atoms with Crippen molar-refractivity contribution in [2.75, 3.05) is 26.8 Å². The summed E-state index contributed by atoms with van der Waals surface area (Å²) in [7, 11) is 1.62. The minimum atomic E-state index is -0.0657. The number of methoxy groups -OCH3 is 1. The summed E-state index contributed by atoms with van der Waals surface area (Å²) in [5.41, 5.74) is -0.0657. The molecule has 2 heterocycles. The number of likely N-dealkylation sites (tertiary alicyclic amines) is 1. The second-order valence-electron chi connectivity index (χ2n) is 6.01. The Morgan fingerprint density at radius 2 is 2.00 bits per heavy atom. The molecule has 0 radical (unpaired) electrons. The fourth-order valence-corrected chi connectivity index (χ4v) is 3.14. The predicted molar refractivity (Wildman–Crippen MR) is 87.5 cm³/mol. The number of carbonyl (C=O) groups excluding carboxylic acids is 1. The molecule has 1 saturated heterocycles. The van der Waals surface area contributed by atoms with E-state index in [1.54, 1.807) is 11.7 Å². The van der Waals surface area contributed by atoms with Gasteiger partial charge >= 0.3 is 5.69 Å². The van der Waals surface area contributed by atoms with Gasteiger partial charge in [0.05, 0.1) is 13.2 Å². The molecule has 130 valence electrons. The second kappa shape index (κ2) is 8.29. The molecular weight excluding hydrogens is 296 g/mol. The Morgan fingerprint density at radius 3 is 2.57 bits per heavy atom. The number of nitrogens with zero attached hydrogens (tertiary/aromatic N) is 4. The van der Waals surface area contributed by atoms with Crippen LogP contribution in [0.2, 0.25) is 0 Å². The van der Waals surface area contributed by atoms with Crippen LogP contribution in [0.1, 0.15) is 51.3 Å². The van der Waals surface area contributed by atoms with Gasteiger partial charge in [-0.05, 0) is 26.2 Å². The van der Waals surface area contributed by atoms with Crippen molar-refractivity contribution in [1.29, 1.82) is 0 Å². The Labute approximate surface area is 137 Å². The molecule has 1 aromatic rings. The van der Waals surface area contributed by atoms with E-state index in [1.165, 1.54) is 4.68 Å². The van der Waals surface area contributed by atoms with Crippen molar-refractivity contribution in [2.24, 2.45) is 0 Å². The highest BCUT2D eigenvalue weighted by atomic mass is 16.5. The Morgan fingerprint density at radius 1 is 1.30 bits per heavy atom. The van der Waals surface area contributed by atoms with Crippen LogP contribution in [0.3, 0.4) is 0 Å². The van der Waals surface area contributed by atoms with Crippen molar-refractivity contribution in [3.63, 3.8) is 0 Å². The van der Waals surface area contributed by atoms with Crippen LogP contribution in [0.4, 0.5) is 0 Å². The number of hydrogen-bond acceptors (Lipinski definition) is 4. The molecule has 7 nitrogen and oxygen atoms in total. The number of ether oxygens (including phenoxy) is 1. The molecule has 0 bridgehead atoms. The lowest BCUT2D eigenvalue weighted by molar-refractivity contribution is -0.132. The molecule has 0 atom stereocenters. The Balaban J connectivity index is 2.08. The Kier molecular flexibility index (Phi) is 6.38. The fourth-order valence-electron chi connectivity index (χ4n) is 3.14. The molecule has 1 aliphatic heterocycles. The monoisotopic (exact) mass is 324 g/mol. The molecule has 1 aromatic heterocycles. The molecule has 7 heteroatoms. The highest BCUT2D eigenvalue weighted by Crippen LogP contribution is 2.26. The lowest BCUT2D eigenvalue weighted by Gasteiger charge is -2.31. The van der Waals surface area contributed by atoms with Crippen LogP contribution in [-0.2, 0) is 22.6 Å². The van der Waals surface area contributed by atoms with Gasteiger partial charge in [0.1, 0.15) is 5.82 Å². The van der Waals surface area contributed by atoms with Crippen molar-refractivity contribution < 1.29 is 9.53 Å². The number of carbonyl (C=O) groups is 1. The van der Waals surface area contributed by atoms with Crippen LogP contribution < -0.4 is 5.69 Å². The quantitative estimate of drug-likeness (QED) is 0.756. The van der Waals surface area contributed by atoms with Gasteiger partial charge in [0.2, 0.25) is 5.91 Å². The van der Waals surface area contributed by atoms with Gasteiger partial charge in [-0.2, -0.15) is 5.10 Å². The molecule has 0 N–H and O–H groups in total. The van der Waals surface area contributed by atoms with Crippen molar-refractivity contribution in [3.8, 4) is 0 Å². The highest BCUT2D eigenvalue weighted by molar-refractivity contribution is 5.76. The van der Waals surface area contributed by atoms with Crippen LogP contribution in [0.15, 0.2) is 4.79 Å². The van der Waals surface area contributed by atoms with Crippen LogP contribution in [0, 0.1) is 0 Å². The maximum Gasteiger partial charge on any atom is 0.345 e. The van der Waals surface area contributed by atoms with E-state index in [4.69, 9.17) is 4.74 Å². The molecule has 1 amide bonds. The normalized spacial score (nSPS) is 16.0. The molecule has 1 aliphatic rings. The average Bonchev–Trinajstić information content (AvgIpc) is 2.89. The largest absolute Gasteiger partial charge is 0.383 e. The second-order valence-corrected chi connectivity index (χ2v) is 6.01. The minimum absolute atomic E-state index is 0.0657. The first-order chi connectivity index (χ1) is 11.1. The van der Waals surface area contributed by atoms with Crippen molar-refractivity contribution in [1.82, 2.24) is 19.2 Å². The molecule has 0 aromatic carbocycles. The van der Waals surface area contributed by atoms with Crippen molar-refractivity contribution in [3.05, 3.63) is 16.3 Å². The van der Waals surface area contributed by atoms with Gasteiger partial charge in [0.15, 0.2) is 0 Å². The van der Waals surface area contributed by atoms with Gasteiger partial charge in [-0.15, -0.1) is 0 Å². The molecule has 0 aliphatic carbocycles. The SMILES string of the molecule is CCCC(=O)N1CCC(c2nn(CCOC)c(=O)n2CC)CC1. The summed E-state index contributed by atoms with van der Waals surface area (Å²) >= 11 is 0. The van der Waals surface area contributed by atoms with Crippen LogP contribution in [0.5, 0.6) is 0 Å². The zero-order valence-electron chi connectivity index (χ0n) is 14.5. The summed E-state index contributed by atoms with van der Waals surface area (Å²) in [6.45, 7) is 7.08. The van der Waals surface area contributed by atoms with E-state index in [-0.39, 0.29) is 17.5 Å². The number of rotatable bonds is 7. The van der Waals surface area contributed by atoms with Crippen molar-refractivity contribution in [2.45, 2.75) is 58.5 Å². The first-order valence-electron chi connectivity index (χ1n) is 8.56.